The third-order valence-corrected chi connectivity index (χ3v) is 5.77. The zero-order valence-electron chi connectivity index (χ0n) is 16.4. The van der Waals surface area contributed by atoms with Gasteiger partial charge in [-0.25, -0.2) is 0 Å². The Labute approximate surface area is 165 Å². The number of fused-ring (bicyclic) bond motifs is 1. The first-order chi connectivity index (χ1) is 12.9. The Kier molecular flexibility index (Phi) is 6.32. The van der Waals surface area contributed by atoms with Crippen LogP contribution in [0.4, 0.5) is 0 Å². The summed E-state index contributed by atoms with van der Waals surface area (Å²) in [6, 6.07) is 12.2. The van der Waals surface area contributed by atoms with E-state index in [0.29, 0.717) is 19.0 Å². The maximum atomic E-state index is 12.6. The van der Waals surface area contributed by atoms with Crippen molar-refractivity contribution in [1.29, 1.82) is 0 Å². The average Bonchev–Trinajstić information content (AvgIpc) is 2.65. The van der Waals surface area contributed by atoms with E-state index in [4.69, 9.17) is 9.47 Å². The Morgan fingerprint density at radius 2 is 1.81 bits per heavy atom. The van der Waals surface area contributed by atoms with Gasteiger partial charge in [-0.3, -0.25) is 4.79 Å². The number of hydrogen-bond donors (Lipinski definition) is 1. The third kappa shape index (κ3) is 4.98. The van der Waals surface area contributed by atoms with Crippen LogP contribution in [0.3, 0.4) is 0 Å². The van der Waals surface area contributed by atoms with Crippen LogP contribution in [-0.4, -0.2) is 24.9 Å². The van der Waals surface area contributed by atoms with Crippen LogP contribution in [0.25, 0.3) is 0 Å². The van der Waals surface area contributed by atoms with Gasteiger partial charge in [0, 0.05) is 4.90 Å². The topological polar surface area (TPSA) is 47.6 Å². The highest BCUT2D eigenvalue weighted by atomic mass is 32.2. The average molecular weight is 386 g/mol. The van der Waals surface area contributed by atoms with Crippen LogP contribution < -0.4 is 14.8 Å². The quantitative estimate of drug-likeness (QED) is 0.734. The van der Waals surface area contributed by atoms with Gasteiger partial charge in [0.05, 0.1) is 11.8 Å². The molecule has 144 valence electrons. The second kappa shape index (κ2) is 8.70. The lowest BCUT2D eigenvalue weighted by atomic mass is 9.95. The van der Waals surface area contributed by atoms with Crippen molar-refractivity contribution < 1.29 is 14.3 Å². The number of rotatable bonds is 6. The number of carbonyl (C=O) groups is 1. The molecule has 0 fully saturated rings. The lowest BCUT2D eigenvalue weighted by molar-refractivity contribution is -0.119. The summed E-state index contributed by atoms with van der Waals surface area (Å²) in [4.78, 5) is 13.7. The highest BCUT2D eigenvalue weighted by Gasteiger charge is 2.21. The molecular formula is C22H27NO3S. The molecule has 0 bridgehead atoms. The predicted molar refractivity (Wildman–Crippen MR) is 110 cm³/mol. The molecule has 5 heteroatoms. The van der Waals surface area contributed by atoms with Gasteiger partial charge in [0.15, 0.2) is 11.5 Å². The Morgan fingerprint density at radius 1 is 1.07 bits per heavy atom. The molecule has 0 spiro atoms. The molecule has 1 N–H and O–H groups in total. The number of hydrogen-bond acceptors (Lipinski definition) is 4. The predicted octanol–water partition coefficient (Wildman–Crippen LogP) is 4.68. The minimum Gasteiger partial charge on any atom is -0.486 e. The van der Waals surface area contributed by atoms with Crippen molar-refractivity contribution in [3.63, 3.8) is 0 Å². The molecule has 0 saturated heterocycles. The van der Waals surface area contributed by atoms with E-state index in [-0.39, 0.29) is 17.9 Å². The molecule has 0 radical (unpaired) electrons. The minimum absolute atomic E-state index is 0.0357. The fourth-order valence-electron chi connectivity index (χ4n) is 3.21. The van der Waals surface area contributed by atoms with Crippen molar-refractivity contribution in [2.24, 2.45) is 5.92 Å². The van der Waals surface area contributed by atoms with Crippen LogP contribution in [0.5, 0.6) is 11.5 Å². The van der Waals surface area contributed by atoms with Gasteiger partial charge in [-0.15, -0.1) is 11.8 Å². The van der Waals surface area contributed by atoms with Crippen LogP contribution in [-0.2, 0) is 4.79 Å². The molecule has 2 aromatic carbocycles. The van der Waals surface area contributed by atoms with Crippen molar-refractivity contribution in [2.75, 3.05) is 19.0 Å². The molecule has 27 heavy (non-hydrogen) atoms. The number of thioether (sulfide) groups is 1. The van der Waals surface area contributed by atoms with Gasteiger partial charge in [0.1, 0.15) is 13.2 Å². The van der Waals surface area contributed by atoms with E-state index in [1.807, 2.05) is 18.2 Å². The van der Waals surface area contributed by atoms with E-state index in [1.165, 1.54) is 11.1 Å². The van der Waals surface area contributed by atoms with E-state index in [9.17, 15) is 4.79 Å². The van der Waals surface area contributed by atoms with E-state index in [0.717, 1.165) is 22.0 Å². The summed E-state index contributed by atoms with van der Waals surface area (Å²) in [5.41, 5.74) is 3.49. The SMILES string of the molecule is Cc1ccc(SCC(=O)NC(c2ccc3c(c2)OCCO3)C(C)C)c(C)c1. The molecule has 1 unspecified atom stereocenters. The molecule has 3 rings (SSSR count). The molecular weight excluding hydrogens is 358 g/mol. The number of amides is 1. The summed E-state index contributed by atoms with van der Waals surface area (Å²) in [6.45, 7) is 9.51. The molecule has 4 nitrogen and oxygen atoms in total. The Bertz CT molecular complexity index is 819. The van der Waals surface area contributed by atoms with E-state index < -0.39 is 0 Å². The maximum absolute atomic E-state index is 12.6. The summed E-state index contributed by atoms with van der Waals surface area (Å²) in [5, 5.41) is 3.18. The van der Waals surface area contributed by atoms with Crippen molar-refractivity contribution >= 4 is 17.7 Å². The summed E-state index contributed by atoms with van der Waals surface area (Å²) < 4.78 is 11.3. The Morgan fingerprint density at radius 3 is 2.52 bits per heavy atom. The highest BCUT2D eigenvalue weighted by Crippen LogP contribution is 2.34. The molecule has 0 aliphatic carbocycles. The fourth-order valence-corrected chi connectivity index (χ4v) is 4.03. The standard InChI is InChI=1S/C22H27NO3S/c1-14(2)22(17-6-7-18-19(12-17)26-10-9-25-18)23-21(24)13-27-20-8-5-15(3)11-16(20)4/h5-8,11-12,14,22H,9-10,13H2,1-4H3,(H,23,24). The first-order valence-electron chi connectivity index (χ1n) is 9.33. The molecule has 0 saturated carbocycles. The molecule has 0 aromatic heterocycles. The smallest absolute Gasteiger partial charge is 0.230 e. The van der Waals surface area contributed by atoms with E-state index in [2.05, 4.69) is 51.2 Å². The summed E-state index contributed by atoms with van der Waals surface area (Å²) in [5.74, 6) is 2.22. The van der Waals surface area contributed by atoms with Crippen LogP contribution in [0.2, 0.25) is 0 Å². The minimum atomic E-state index is -0.0620. The molecule has 1 aliphatic heterocycles. The van der Waals surface area contributed by atoms with Crippen LogP contribution in [0.1, 0.15) is 36.6 Å². The first kappa shape index (κ1) is 19.6. The summed E-state index contributed by atoms with van der Waals surface area (Å²) in [6.07, 6.45) is 0. The molecule has 1 amide bonds. The highest BCUT2D eigenvalue weighted by molar-refractivity contribution is 8.00. The van der Waals surface area contributed by atoms with Gasteiger partial charge in [-0.05, 0) is 49.1 Å². The van der Waals surface area contributed by atoms with Crippen molar-refractivity contribution in [3.05, 3.63) is 53.1 Å². The fraction of sp³-hybridized carbons (Fsp3) is 0.409. The second-order valence-electron chi connectivity index (χ2n) is 7.25. The van der Waals surface area contributed by atoms with Gasteiger partial charge >= 0.3 is 0 Å². The van der Waals surface area contributed by atoms with Crippen molar-refractivity contribution in [3.8, 4) is 11.5 Å². The lowest BCUT2D eigenvalue weighted by Crippen LogP contribution is -2.33. The van der Waals surface area contributed by atoms with Gasteiger partial charge < -0.3 is 14.8 Å². The van der Waals surface area contributed by atoms with Gasteiger partial charge in [-0.2, -0.15) is 0 Å². The van der Waals surface area contributed by atoms with Crippen LogP contribution in [0.15, 0.2) is 41.3 Å². The van der Waals surface area contributed by atoms with E-state index >= 15 is 0 Å². The van der Waals surface area contributed by atoms with Gasteiger partial charge in [0.2, 0.25) is 5.91 Å². The number of carbonyl (C=O) groups excluding carboxylic acids is 1. The van der Waals surface area contributed by atoms with Gasteiger partial charge in [-0.1, -0.05) is 37.6 Å². The molecule has 2 aromatic rings. The van der Waals surface area contributed by atoms with Gasteiger partial charge in [0.25, 0.3) is 0 Å². The molecule has 1 aliphatic rings. The molecule has 1 heterocycles. The van der Waals surface area contributed by atoms with Crippen molar-refractivity contribution in [1.82, 2.24) is 5.32 Å². The monoisotopic (exact) mass is 385 g/mol. The van der Waals surface area contributed by atoms with Crippen LogP contribution in [0, 0.1) is 19.8 Å². The van der Waals surface area contributed by atoms with E-state index in [1.54, 1.807) is 11.8 Å². The lowest BCUT2D eigenvalue weighted by Gasteiger charge is -2.25. The largest absolute Gasteiger partial charge is 0.486 e. The number of ether oxygens (including phenoxy) is 2. The maximum Gasteiger partial charge on any atom is 0.230 e. The second-order valence-corrected chi connectivity index (χ2v) is 8.27. The normalized spacial score (nSPS) is 14.1. The number of aryl methyl sites for hydroxylation is 2. The Hall–Kier alpha value is -2.14. The summed E-state index contributed by atoms with van der Waals surface area (Å²) in [7, 11) is 0. The summed E-state index contributed by atoms with van der Waals surface area (Å²) >= 11 is 1.58. The zero-order chi connectivity index (χ0) is 19.4. The number of nitrogens with one attached hydrogen (secondary N) is 1. The Balaban J connectivity index is 1.66. The first-order valence-corrected chi connectivity index (χ1v) is 10.3. The van der Waals surface area contributed by atoms with Crippen LogP contribution >= 0.6 is 11.8 Å². The third-order valence-electron chi connectivity index (χ3n) is 4.60. The zero-order valence-corrected chi connectivity index (χ0v) is 17.2. The molecule has 1 atom stereocenters. The van der Waals surface area contributed by atoms with Crippen molar-refractivity contribution in [2.45, 2.75) is 38.6 Å². The number of benzene rings is 2.